The van der Waals surface area contributed by atoms with Crippen LogP contribution in [0.4, 0.5) is 8.78 Å². The van der Waals surface area contributed by atoms with Crippen LogP contribution in [0.2, 0.25) is 0 Å². The smallest absolute Gasteiger partial charge is 0.492 e. The minimum Gasteiger partial charge on any atom is -0.497 e. The van der Waals surface area contributed by atoms with Crippen LogP contribution in [0.3, 0.4) is 0 Å². The van der Waals surface area contributed by atoms with E-state index in [0.717, 1.165) is 14.5 Å². The number of hydrogen-bond acceptors (Lipinski definition) is 4. The van der Waals surface area contributed by atoms with E-state index in [2.05, 4.69) is 31.9 Å². The highest BCUT2D eigenvalue weighted by atomic mass is 127. The average Bonchev–Trinajstić information content (AvgIpc) is 2.88. The summed E-state index contributed by atoms with van der Waals surface area (Å²) in [7, 11) is 1.60. The molecule has 4 rings (SSSR count). The van der Waals surface area contributed by atoms with Gasteiger partial charge in [0.25, 0.3) is 0 Å². The summed E-state index contributed by atoms with van der Waals surface area (Å²) in [5, 5.41) is 17.6. The normalized spacial score (nSPS) is 9.81. The highest BCUT2D eigenvalue weighted by molar-refractivity contribution is 14.1. The van der Waals surface area contributed by atoms with Crippen molar-refractivity contribution in [3.05, 3.63) is 109 Å². The fourth-order valence-electron chi connectivity index (χ4n) is 2.96. The molecule has 4 nitrogen and oxygen atoms in total. The molecule has 10 heteroatoms. The van der Waals surface area contributed by atoms with Crippen molar-refractivity contribution in [3.63, 3.8) is 0 Å². The highest BCUT2D eigenvalue weighted by Crippen LogP contribution is 2.36. The molecule has 0 saturated heterocycles. The van der Waals surface area contributed by atoms with Gasteiger partial charge in [0.15, 0.2) is 0 Å². The molecule has 0 amide bonds. The zero-order chi connectivity index (χ0) is 26.7. The summed E-state index contributed by atoms with van der Waals surface area (Å²) in [5.41, 5.74) is 1.66. The predicted octanol–water partition coefficient (Wildman–Crippen LogP) is 6.83. The first-order chi connectivity index (χ1) is 17.2. The first kappa shape index (κ1) is 30.2. The van der Waals surface area contributed by atoms with Crippen molar-refractivity contribution in [1.29, 1.82) is 0 Å². The van der Waals surface area contributed by atoms with E-state index < -0.39 is 7.12 Å². The second-order valence-corrected chi connectivity index (χ2v) is 9.74. The van der Waals surface area contributed by atoms with Crippen molar-refractivity contribution in [3.8, 4) is 22.6 Å². The van der Waals surface area contributed by atoms with E-state index in [-0.39, 0.29) is 11.6 Å². The van der Waals surface area contributed by atoms with Gasteiger partial charge >= 0.3 is 7.12 Å². The van der Waals surface area contributed by atoms with Crippen LogP contribution in [0.25, 0.3) is 11.1 Å². The maximum absolute atomic E-state index is 13.8. The maximum Gasteiger partial charge on any atom is 0.492 e. The van der Waals surface area contributed by atoms with Crippen molar-refractivity contribution >= 4 is 67.0 Å². The molecule has 0 aliphatic heterocycles. The fraction of sp³-hybridized carbons (Fsp3) is 0.0769. The molecule has 0 bridgehead atoms. The molecule has 0 fully saturated rings. The minimum atomic E-state index is -1.47. The Labute approximate surface area is 239 Å². The van der Waals surface area contributed by atoms with Crippen molar-refractivity contribution in [2.75, 3.05) is 14.2 Å². The standard InChI is InChI=1S/C13H10BrFO.C7H9BO3.C6H3BrFI/c1-16-12-8-3-2-5-9(12)13-10(14)6-4-7-11(13)15;1-11-7-5-3-2-4-6(7)8(9)10;7-4-2-1-3-5(8)6(4)9/h2-8H,1H3;2-5,9-10H,1H3;1-3H. The summed E-state index contributed by atoms with van der Waals surface area (Å²) in [6.45, 7) is 0. The average molecular weight is 734 g/mol. The Morgan fingerprint density at radius 2 is 1.22 bits per heavy atom. The molecule has 0 atom stereocenters. The van der Waals surface area contributed by atoms with Crippen molar-refractivity contribution < 1.29 is 28.3 Å². The Balaban J connectivity index is 0.000000200. The van der Waals surface area contributed by atoms with Crippen LogP contribution in [0.1, 0.15) is 0 Å². The molecule has 4 aromatic rings. The molecule has 2 N–H and O–H groups in total. The summed E-state index contributed by atoms with van der Waals surface area (Å²) >= 11 is 8.50. The molecule has 0 radical (unpaired) electrons. The van der Waals surface area contributed by atoms with Crippen LogP contribution in [0, 0.1) is 15.2 Å². The minimum absolute atomic E-state index is 0.176. The first-order valence-corrected chi connectivity index (χ1v) is 13.0. The van der Waals surface area contributed by atoms with Gasteiger partial charge < -0.3 is 19.5 Å². The molecule has 36 heavy (non-hydrogen) atoms. The van der Waals surface area contributed by atoms with Crippen LogP contribution in [-0.2, 0) is 0 Å². The first-order valence-electron chi connectivity index (χ1n) is 10.4. The molecule has 0 unspecified atom stereocenters. The Bertz CT molecular complexity index is 1240. The van der Waals surface area contributed by atoms with Gasteiger partial charge in [-0.2, -0.15) is 0 Å². The van der Waals surface area contributed by atoms with Crippen LogP contribution < -0.4 is 14.9 Å². The van der Waals surface area contributed by atoms with Gasteiger partial charge in [0.05, 0.1) is 17.8 Å². The van der Waals surface area contributed by atoms with Gasteiger partial charge in [0, 0.05) is 25.5 Å². The largest absolute Gasteiger partial charge is 0.497 e. The molecule has 4 aromatic carbocycles. The number of methoxy groups -OCH3 is 2. The number of halogens is 5. The van der Waals surface area contributed by atoms with Gasteiger partial charge in [-0.3, -0.25) is 0 Å². The SMILES string of the molecule is COc1ccccc1-c1c(F)cccc1Br.COc1ccccc1B(O)O.Fc1cccc(Br)c1I. The number of rotatable bonds is 4. The van der Waals surface area contributed by atoms with Crippen molar-refractivity contribution in [1.82, 2.24) is 0 Å². The molecule has 0 saturated carbocycles. The lowest BCUT2D eigenvalue weighted by atomic mass is 9.80. The van der Waals surface area contributed by atoms with Gasteiger partial charge in [0.1, 0.15) is 23.1 Å². The maximum atomic E-state index is 13.8. The molecule has 0 spiro atoms. The van der Waals surface area contributed by atoms with E-state index in [0.29, 0.717) is 26.1 Å². The van der Waals surface area contributed by atoms with Gasteiger partial charge in [-0.05, 0) is 74.9 Å². The quantitative estimate of drug-likeness (QED) is 0.137. The molecular formula is C26H22BBr2F2IO4. The molecule has 0 aliphatic rings. The van der Waals surface area contributed by atoms with E-state index in [1.807, 2.05) is 59.0 Å². The van der Waals surface area contributed by atoms with Crippen LogP contribution in [0.15, 0.2) is 93.9 Å². The fourth-order valence-corrected chi connectivity index (χ4v) is 4.22. The molecule has 0 aliphatic carbocycles. The number of ether oxygens (including phenoxy) is 2. The topological polar surface area (TPSA) is 58.9 Å². The Hall–Kier alpha value is -1.99. The summed E-state index contributed by atoms with van der Waals surface area (Å²) in [4.78, 5) is 0. The zero-order valence-electron chi connectivity index (χ0n) is 19.3. The van der Waals surface area contributed by atoms with Crippen molar-refractivity contribution in [2.24, 2.45) is 0 Å². The van der Waals surface area contributed by atoms with Crippen molar-refractivity contribution in [2.45, 2.75) is 0 Å². The van der Waals surface area contributed by atoms with Gasteiger partial charge in [-0.15, -0.1) is 0 Å². The summed E-state index contributed by atoms with van der Waals surface area (Å²) in [6, 6.07) is 24.0. The summed E-state index contributed by atoms with van der Waals surface area (Å²) in [6.07, 6.45) is 0. The Kier molecular flexibility index (Phi) is 12.9. The lowest BCUT2D eigenvalue weighted by molar-refractivity contribution is 0.403. The third-order valence-corrected chi connectivity index (χ3v) is 7.82. The Morgan fingerprint density at radius 1 is 0.694 bits per heavy atom. The second kappa shape index (κ2) is 15.3. The number of para-hydroxylation sites is 2. The van der Waals surface area contributed by atoms with E-state index in [1.54, 1.807) is 43.5 Å². The van der Waals surface area contributed by atoms with Gasteiger partial charge in [-0.1, -0.05) is 64.5 Å². The molecule has 0 heterocycles. The Morgan fingerprint density at radius 3 is 1.72 bits per heavy atom. The summed E-state index contributed by atoms with van der Waals surface area (Å²) < 4.78 is 38.6. The molecular weight excluding hydrogens is 712 g/mol. The second-order valence-electron chi connectivity index (χ2n) is 6.95. The van der Waals surface area contributed by atoms with Crippen LogP contribution in [-0.4, -0.2) is 31.4 Å². The lowest BCUT2D eigenvalue weighted by Gasteiger charge is -2.10. The van der Waals surface area contributed by atoms with Crippen LogP contribution in [0.5, 0.6) is 11.5 Å². The summed E-state index contributed by atoms with van der Waals surface area (Å²) in [5.74, 6) is 0.708. The highest BCUT2D eigenvalue weighted by Gasteiger charge is 2.15. The monoisotopic (exact) mass is 732 g/mol. The zero-order valence-corrected chi connectivity index (χ0v) is 24.6. The lowest BCUT2D eigenvalue weighted by Crippen LogP contribution is -2.30. The molecule has 188 valence electrons. The number of benzene rings is 4. The number of hydrogen-bond donors (Lipinski definition) is 2. The van der Waals surface area contributed by atoms with E-state index in [4.69, 9.17) is 19.5 Å². The third-order valence-electron chi connectivity index (χ3n) is 4.66. The van der Waals surface area contributed by atoms with Crippen LogP contribution >= 0.6 is 54.5 Å². The van der Waals surface area contributed by atoms with E-state index in [1.165, 1.54) is 19.2 Å². The van der Waals surface area contributed by atoms with Gasteiger partial charge in [0.2, 0.25) is 0 Å². The predicted molar refractivity (Wildman–Crippen MR) is 156 cm³/mol. The third kappa shape index (κ3) is 8.55. The molecule has 0 aromatic heterocycles. The van der Waals surface area contributed by atoms with E-state index in [9.17, 15) is 8.78 Å². The van der Waals surface area contributed by atoms with E-state index >= 15 is 0 Å². The van der Waals surface area contributed by atoms with Gasteiger partial charge in [-0.25, -0.2) is 8.78 Å².